The SMILES string of the molecule is O=C(/C=C/c1cccc(OC2CCCC2)c1)NCCOCC1CC1. The molecule has 1 N–H and O–H groups in total. The van der Waals surface area contributed by atoms with Crippen LogP contribution in [-0.4, -0.2) is 31.8 Å². The molecule has 2 saturated carbocycles. The number of rotatable bonds is 9. The van der Waals surface area contributed by atoms with Gasteiger partial charge >= 0.3 is 0 Å². The van der Waals surface area contributed by atoms with Crippen molar-refractivity contribution in [3.63, 3.8) is 0 Å². The summed E-state index contributed by atoms with van der Waals surface area (Å²) >= 11 is 0. The van der Waals surface area contributed by atoms with E-state index < -0.39 is 0 Å². The molecule has 0 spiro atoms. The molecule has 0 aromatic heterocycles. The molecule has 4 heteroatoms. The quantitative estimate of drug-likeness (QED) is 0.556. The van der Waals surface area contributed by atoms with Gasteiger partial charge in [0.15, 0.2) is 0 Å². The van der Waals surface area contributed by atoms with Crippen molar-refractivity contribution in [3.05, 3.63) is 35.9 Å². The Labute approximate surface area is 144 Å². The monoisotopic (exact) mass is 329 g/mol. The summed E-state index contributed by atoms with van der Waals surface area (Å²) in [6.07, 6.45) is 11.1. The van der Waals surface area contributed by atoms with Gasteiger partial charge in [-0.25, -0.2) is 0 Å². The summed E-state index contributed by atoms with van der Waals surface area (Å²) < 4.78 is 11.5. The van der Waals surface area contributed by atoms with Crippen molar-refractivity contribution < 1.29 is 14.3 Å². The first-order valence-corrected chi connectivity index (χ1v) is 9.10. The number of ether oxygens (including phenoxy) is 2. The summed E-state index contributed by atoms with van der Waals surface area (Å²) in [5, 5.41) is 2.84. The highest BCUT2D eigenvalue weighted by Crippen LogP contribution is 2.28. The van der Waals surface area contributed by atoms with Crippen molar-refractivity contribution in [1.82, 2.24) is 5.32 Å². The van der Waals surface area contributed by atoms with Gasteiger partial charge in [-0.3, -0.25) is 4.79 Å². The van der Waals surface area contributed by atoms with Crippen molar-refractivity contribution >= 4 is 12.0 Å². The van der Waals surface area contributed by atoms with E-state index in [2.05, 4.69) is 5.32 Å². The minimum Gasteiger partial charge on any atom is -0.490 e. The Hall–Kier alpha value is -1.81. The molecule has 0 unspecified atom stereocenters. The average molecular weight is 329 g/mol. The number of nitrogens with one attached hydrogen (secondary N) is 1. The van der Waals surface area contributed by atoms with Crippen LogP contribution in [0.4, 0.5) is 0 Å². The Morgan fingerprint density at radius 1 is 1.21 bits per heavy atom. The van der Waals surface area contributed by atoms with Gasteiger partial charge in [-0.2, -0.15) is 0 Å². The van der Waals surface area contributed by atoms with Crippen molar-refractivity contribution in [1.29, 1.82) is 0 Å². The Kier molecular flexibility index (Phi) is 6.30. The lowest BCUT2D eigenvalue weighted by atomic mass is 10.2. The Balaban J connectivity index is 1.38. The van der Waals surface area contributed by atoms with E-state index >= 15 is 0 Å². The van der Waals surface area contributed by atoms with Crippen LogP contribution in [0.1, 0.15) is 44.1 Å². The minimum atomic E-state index is -0.0906. The molecule has 1 aromatic rings. The van der Waals surface area contributed by atoms with Gasteiger partial charge in [-0.1, -0.05) is 12.1 Å². The fourth-order valence-electron chi connectivity index (χ4n) is 2.90. The predicted octanol–water partition coefficient (Wildman–Crippen LogP) is 3.56. The van der Waals surface area contributed by atoms with Gasteiger partial charge in [0.05, 0.1) is 12.7 Å². The van der Waals surface area contributed by atoms with Crippen LogP contribution in [0.2, 0.25) is 0 Å². The molecule has 0 saturated heterocycles. The summed E-state index contributed by atoms with van der Waals surface area (Å²) in [6, 6.07) is 7.91. The van der Waals surface area contributed by atoms with Crippen LogP contribution in [0, 0.1) is 5.92 Å². The molecule has 0 bridgehead atoms. The molecule has 0 aliphatic heterocycles. The third-order valence-corrected chi connectivity index (χ3v) is 4.49. The third-order valence-electron chi connectivity index (χ3n) is 4.49. The maximum Gasteiger partial charge on any atom is 0.244 e. The van der Waals surface area contributed by atoms with Crippen LogP contribution < -0.4 is 10.1 Å². The topological polar surface area (TPSA) is 47.6 Å². The molecule has 1 aromatic carbocycles. The maximum absolute atomic E-state index is 11.8. The zero-order chi connectivity index (χ0) is 16.6. The molecule has 4 nitrogen and oxygen atoms in total. The first kappa shape index (κ1) is 17.0. The van der Waals surface area contributed by atoms with Gasteiger partial charge < -0.3 is 14.8 Å². The largest absolute Gasteiger partial charge is 0.490 e. The van der Waals surface area contributed by atoms with E-state index in [1.807, 2.05) is 30.3 Å². The number of hydrogen-bond acceptors (Lipinski definition) is 3. The first-order chi connectivity index (χ1) is 11.8. The summed E-state index contributed by atoms with van der Waals surface area (Å²) in [5.74, 6) is 1.56. The van der Waals surface area contributed by atoms with Crippen LogP contribution in [0.15, 0.2) is 30.3 Å². The van der Waals surface area contributed by atoms with Gasteiger partial charge in [0, 0.05) is 19.2 Å². The molecule has 3 rings (SSSR count). The highest BCUT2D eigenvalue weighted by atomic mass is 16.5. The molecule has 2 fully saturated rings. The van der Waals surface area contributed by atoms with Crippen LogP contribution in [0.25, 0.3) is 6.08 Å². The molecule has 0 atom stereocenters. The molecular formula is C20H27NO3. The van der Waals surface area contributed by atoms with E-state index in [0.29, 0.717) is 19.3 Å². The fraction of sp³-hybridized carbons (Fsp3) is 0.550. The van der Waals surface area contributed by atoms with E-state index in [4.69, 9.17) is 9.47 Å². The second-order valence-electron chi connectivity index (χ2n) is 6.74. The fourth-order valence-corrected chi connectivity index (χ4v) is 2.90. The molecule has 24 heavy (non-hydrogen) atoms. The summed E-state index contributed by atoms with van der Waals surface area (Å²) in [7, 11) is 0. The molecule has 0 radical (unpaired) electrons. The summed E-state index contributed by atoms with van der Waals surface area (Å²) in [5.41, 5.74) is 0.977. The number of benzene rings is 1. The first-order valence-electron chi connectivity index (χ1n) is 9.10. The average Bonchev–Trinajstić information content (AvgIpc) is 3.28. The van der Waals surface area contributed by atoms with Crippen molar-refractivity contribution in [3.8, 4) is 5.75 Å². The highest BCUT2D eigenvalue weighted by molar-refractivity contribution is 5.91. The minimum absolute atomic E-state index is 0.0906. The van der Waals surface area contributed by atoms with Gasteiger partial charge in [0.2, 0.25) is 5.91 Å². The van der Waals surface area contributed by atoms with Gasteiger partial charge in [0.1, 0.15) is 5.75 Å². The summed E-state index contributed by atoms with van der Waals surface area (Å²) in [4.78, 5) is 11.8. The van der Waals surface area contributed by atoms with E-state index in [1.165, 1.54) is 25.7 Å². The van der Waals surface area contributed by atoms with Crippen LogP contribution in [-0.2, 0) is 9.53 Å². The highest BCUT2D eigenvalue weighted by Gasteiger charge is 2.20. The third kappa shape index (κ3) is 6.00. The van der Waals surface area contributed by atoms with Gasteiger partial charge in [-0.05, 0) is 68.2 Å². The Morgan fingerprint density at radius 2 is 2.04 bits per heavy atom. The van der Waals surface area contributed by atoms with E-state index in [-0.39, 0.29) is 5.91 Å². The van der Waals surface area contributed by atoms with Crippen molar-refractivity contribution in [2.45, 2.75) is 44.6 Å². The van der Waals surface area contributed by atoms with Crippen LogP contribution >= 0.6 is 0 Å². The lowest BCUT2D eigenvalue weighted by molar-refractivity contribution is -0.116. The molecule has 130 valence electrons. The normalized spacial score (nSPS) is 18.2. The van der Waals surface area contributed by atoms with Crippen LogP contribution in [0.5, 0.6) is 5.75 Å². The lowest BCUT2D eigenvalue weighted by Gasteiger charge is -2.13. The van der Waals surface area contributed by atoms with E-state index in [9.17, 15) is 4.79 Å². The predicted molar refractivity (Wildman–Crippen MR) is 94.9 cm³/mol. The summed E-state index contributed by atoms with van der Waals surface area (Å²) in [6.45, 7) is 1.97. The van der Waals surface area contributed by atoms with Gasteiger partial charge in [-0.15, -0.1) is 0 Å². The Bertz CT molecular complexity index is 560. The zero-order valence-corrected chi connectivity index (χ0v) is 14.2. The number of carbonyl (C=O) groups is 1. The molecule has 1 amide bonds. The maximum atomic E-state index is 11.8. The number of hydrogen-bond donors (Lipinski definition) is 1. The second-order valence-corrected chi connectivity index (χ2v) is 6.74. The van der Waals surface area contributed by atoms with E-state index in [1.54, 1.807) is 6.08 Å². The van der Waals surface area contributed by atoms with Crippen molar-refractivity contribution in [2.24, 2.45) is 5.92 Å². The standard InChI is InChI=1S/C20H27NO3/c22-20(21-12-13-23-15-17-8-9-17)11-10-16-4-3-7-19(14-16)24-18-5-1-2-6-18/h3-4,7,10-11,14,17-18H,1-2,5-6,8-9,12-13,15H2,(H,21,22)/b11-10+. The smallest absolute Gasteiger partial charge is 0.244 e. The zero-order valence-electron chi connectivity index (χ0n) is 14.2. The lowest BCUT2D eigenvalue weighted by Crippen LogP contribution is -2.25. The van der Waals surface area contributed by atoms with Crippen molar-refractivity contribution in [2.75, 3.05) is 19.8 Å². The molecular weight excluding hydrogens is 302 g/mol. The number of carbonyl (C=O) groups excluding carboxylic acids is 1. The van der Waals surface area contributed by atoms with E-state index in [0.717, 1.165) is 36.7 Å². The van der Waals surface area contributed by atoms with Gasteiger partial charge in [0.25, 0.3) is 0 Å². The Morgan fingerprint density at radius 3 is 2.83 bits per heavy atom. The molecule has 2 aliphatic rings. The van der Waals surface area contributed by atoms with Crippen LogP contribution in [0.3, 0.4) is 0 Å². The molecule has 2 aliphatic carbocycles. The molecule has 0 heterocycles. The number of amides is 1. The second kappa shape index (κ2) is 8.88.